The highest BCUT2D eigenvalue weighted by molar-refractivity contribution is 5.90. The first kappa shape index (κ1) is 11.4. The minimum atomic E-state index is -0.326. The number of nitrogen functional groups attached to an aromatic ring is 1. The SMILES string of the molecule is CNC(=O)c1nc(N)cc(C(C)(C)C)n1. The van der Waals surface area contributed by atoms with Gasteiger partial charge in [-0.2, -0.15) is 0 Å². The number of nitrogens with one attached hydrogen (secondary N) is 1. The average molecular weight is 208 g/mol. The lowest BCUT2D eigenvalue weighted by Crippen LogP contribution is -2.24. The second-order valence-corrected chi connectivity index (χ2v) is 4.33. The molecule has 5 nitrogen and oxygen atoms in total. The van der Waals surface area contributed by atoms with E-state index < -0.39 is 0 Å². The van der Waals surface area contributed by atoms with Crippen LogP contribution in [0.1, 0.15) is 37.1 Å². The van der Waals surface area contributed by atoms with Gasteiger partial charge in [-0.15, -0.1) is 0 Å². The summed E-state index contributed by atoms with van der Waals surface area (Å²) in [6.45, 7) is 6.01. The summed E-state index contributed by atoms with van der Waals surface area (Å²) in [4.78, 5) is 19.4. The third-order valence-corrected chi connectivity index (χ3v) is 1.94. The minimum Gasteiger partial charge on any atom is -0.384 e. The van der Waals surface area contributed by atoms with E-state index in [4.69, 9.17) is 5.73 Å². The molecule has 0 aromatic carbocycles. The molecule has 82 valence electrons. The zero-order chi connectivity index (χ0) is 11.6. The van der Waals surface area contributed by atoms with E-state index >= 15 is 0 Å². The Balaban J connectivity index is 3.23. The van der Waals surface area contributed by atoms with Gasteiger partial charge in [-0.25, -0.2) is 9.97 Å². The first-order valence-electron chi connectivity index (χ1n) is 4.71. The van der Waals surface area contributed by atoms with Crippen molar-refractivity contribution >= 4 is 11.7 Å². The maximum Gasteiger partial charge on any atom is 0.288 e. The van der Waals surface area contributed by atoms with Crippen molar-refractivity contribution in [3.05, 3.63) is 17.6 Å². The third kappa shape index (κ3) is 2.65. The molecule has 1 aromatic heterocycles. The Morgan fingerprint density at radius 3 is 2.47 bits per heavy atom. The van der Waals surface area contributed by atoms with E-state index in [1.807, 2.05) is 20.8 Å². The number of carbonyl (C=O) groups is 1. The number of nitrogens with zero attached hydrogens (tertiary/aromatic N) is 2. The number of amides is 1. The molecule has 0 aliphatic carbocycles. The van der Waals surface area contributed by atoms with Gasteiger partial charge in [0.25, 0.3) is 5.91 Å². The van der Waals surface area contributed by atoms with Gasteiger partial charge in [-0.05, 0) is 0 Å². The summed E-state index contributed by atoms with van der Waals surface area (Å²) >= 11 is 0. The monoisotopic (exact) mass is 208 g/mol. The average Bonchev–Trinajstić information content (AvgIpc) is 2.14. The summed E-state index contributed by atoms with van der Waals surface area (Å²) in [5.74, 6) is 0.101. The van der Waals surface area contributed by atoms with E-state index in [0.717, 1.165) is 5.69 Å². The van der Waals surface area contributed by atoms with Crippen molar-refractivity contribution < 1.29 is 4.79 Å². The van der Waals surface area contributed by atoms with E-state index in [0.29, 0.717) is 5.82 Å². The number of hydrogen-bond acceptors (Lipinski definition) is 4. The molecule has 0 spiro atoms. The molecule has 0 radical (unpaired) electrons. The van der Waals surface area contributed by atoms with E-state index in [1.54, 1.807) is 6.07 Å². The van der Waals surface area contributed by atoms with Crippen LogP contribution in [0.5, 0.6) is 0 Å². The standard InChI is InChI=1S/C10H16N4O/c1-10(2,3)6-5-7(11)14-8(13-6)9(15)12-4/h5H,1-4H3,(H,12,15)(H2,11,13,14). The molecule has 1 aromatic rings. The normalized spacial score (nSPS) is 11.2. The summed E-state index contributed by atoms with van der Waals surface area (Å²) < 4.78 is 0. The number of anilines is 1. The molecule has 15 heavy (non-hydrogen) atoms. The Bertz CT molecular complexity index is 381. The second-order valence-electron chi connectivity index (χ2n) is 4.33. The molecule has 0 unspecified atom stereocenters. The van der Waals surface area contributed by atoms with Crippen LogP contribution in [-0.2, 0) is 5.41 Å². The van der Waals surface area contributed by atoms with Crippen LogP contribution in [0.2, 0.25) is 0 Å². The van der Waals surface area contributed by atoms with Gasteiger partial charge >= 0.3 is 0 Å². The van der Waals surface area contributed by atoms with Crippen LogP contribution in [0.4, 0.5) is 5.82 Å². The lowest BCUT2D eigenvalue weighted by molar-refractivity contribution is 0.0952. The molecule has 5 heteroatoms. The molecule has 0 aliphatic heterocycles. The van der Waals surface area contributed by atoms with Crippen LogP contribution >= 0.6 is 0 Å². The minimum absolute atomic E-state index is 0.113. The fourth-order valence-electron chi connectivity index (χ4n) is 1.06. The summed E-state index contributed by atoms with van der Waals surface area (Å²) in [7, 11) is 1.53. The first-order valence-corrected chi connectivity index (χ1v) is 4.71. The van der Waals surface area contributed by atoms with Crippen LogP contribution in [-0.4, -0.2) is 22.9 Å². The number of hydrogen-bond donors (Lipinski definition) is 2. The van der Waals surface area contributed by atoms with E-state index in [9.17, 15) is 4.79 Å². The molecule has 0 saturated carbocycles. The Labute approximate surface area is 89.1 Å². The first-order chi connectivity index (χ1) is 6.84. The van der Waals surface area contributed by atoms with Crippen LogP contribution in [0, 0.1) is 0 Å². The Kier molecular flexibility index (Phi) is 2.93. The van der Waals surface area contributed by atoms with Crippen molar-refractivity contribution in [1.82, 2.24) is 15.3 Å². The number of carbonyl (C=O) groups excluding carboxylic acids is 1. The highest BCUT2D eigenvalue weighted by Crippen LogP contribution is 2.21. The van der Waals surface area contributed by atoms with E-state index in [1.165, 1.54) is 7.05 Å². The Morgan fingerprint density at radius 2 is 2.00 bits per heavy atom. The fraction of sp³-hybridized carbons (Fsp3) is 0.500. The lowest BCUT2D eigenvalue weighted by Gasteiger charge is -2.18. The van der Waals surface area contributed by atoms with E-state index in [2.05, 4.69) is 15.3 Å². The van der Waals surface area contributed by atoms with Gasteiger partial charge in [-0.1, -0.05) is 20.8 Å². The Morgan fingerprint density at radius 1 is 1.40 bits per heavy atom. The van der Waals surface area contributed by atoms with Gasteiger partial charge in [0, 0.05) is 18.5 Å². The van der Waals surface area contributed by atoms with Crippen molar-refractivity contribution in [2.75, 3.05) is 12.8 Å². The second kappa shape index (κ2) is 3.84. The van der Waals surface area contributed by atoms with Crippen LogP contribution in [0.15, 0.2) is 6.07 Å². The third-order valence-electron chi connectivity index (χ3n) is 1.94. The fourth-order valence-corrected chi connectivity index (χ4v) is 1.06. The van der Waals surface area contributed by atoms with Crippen LogP contribution < -0.4 is 11.1 Å². The van der Waals surface area contributed by atoms with Gasteiger partial charge < -0.3 is 11.1 Å². The summed E-state index contributed by atoms with van der Waals surface area (Å²) in [5.41, 5.74) is 6.22. The quantitative estimate of drug-likeness (QED) is 0.712. The van der Waals surface area contributed by atoms with Crippen molar-refractivity contribution in [3.8, 4) is 0 Å². The maximum absolute atomic E-state index is 11.4. The van der Waals surface area contributed by atoms with E-state index in [-0.39, 0.29) is 17.1 Å². The molecular formula is C10H16N4O. The van der Waals surface area contributed by atoms with Crippen LogP contribution in [0.25, 0.3) is 0 Å². The van der Waals surface area contributed by atoms with Crippen molar-refractivity contribution in [2.24, 2.45) is 0 Å². The zero-order valence-electron chi connectivity index (χ0n) is 9.46. The molecule has 0 aliphatic rings. The van der Waals surface area contributed by atoms with Gasteiger partial charge in [0.15, 0.2) is 0 Å². The van der Waals surface area contributed by atoms with Crippen molar-refractivity contribution in [2.45, 2.75) is 26.2 Å². The molecule has 1 amide bonds. The molecule has 1 rings (SSSR count). The highest BCUT2D eigenvalue weighted by Gasteiger charge is 2.19. The highest BCUT2D eigenvalue weighted by atomic mass is 16.2. The largest absolute Gasteiger partial charge is 0.384 e. The van der Waals surface area contributed by atoms with Crippen molar-refractivity contribution in [3.63, 3.8) is 0 Å². The molecule has 1 heterocycles. The lowest BCUT2D eigenvalue weighted by atomic mass is 9.92. The zero-order valence-corrected chi connectivity index (χ0v) is 9.46. The predicted octanol–water partition coefficient (Wildman–Crippen LogP) is 0.716. The number of nitrogens with two attached hydrogens (primary N) is 1. The summed E-state index contributed by atoms with van der Waals surface area (Å²) in [5, 5.41) is 2.47. The molecule has 3 N–H and O–H groups in total. The topological polar surface area (TPSA) is 80.9 Å². The van der Waals surface area contributed by atoms with Gasteiger partial charge in [0.2, 0.25) is 5.82 Å². The molecule has 0 saturated heterocycles. The predicted molar refractivity (Wildman–Crippen MR) is 58.5 cm³/mol. The molecule has 0 fully saturated rings. The smallest absolute Gasteiger partial charge is 0.288 e. The number of rotatable bonds is 1. The Hall–Kier alpha value is -1.65. The van der Waals surface area contributed by atoms with Gasteiger partial charge in [-0.3, -0.25) is 4.79 Å². The summed E-state index contributed by atoms with van der Waals surface area (Å²) in [6, 6.07) is 1.69. The summed E-state index contributed by atoms with van der Waals surface area (Å²) in [6.07, 6.45) is 0. The van der Waals surface area contributed by atoms with Gasteiger partial charge in [0.05, 0.1) is 5.69 Å². The molecule has 0 bridgehead atoms. The maximum atomic E-state index is 11.4. The number of aromatic nitrogens is 2. The van der Waals surface area contributed by atoms with Gasteiger partial charge in [0.1, 0.15) is 5.82 Å². The van der Waals surface area contributed by atoms with Crippen LogP contribution in [0.3, 0.4) is 0 Å². The van der Waals surface area contributed by atoms with Crippen molar-refractivity contribution in [1.29, 1.82) is 0 Å². The molecule has 0 atom stereocenters. The molecular weight excluding hydrogens is 192 g/mol.